The molecule has 2 nitrogen and oxygen atoms in total. The number of nitriles is 1. The van der Waals surface area contributed by atoms with Crippen molar-refractivity contribution in [3.8, 4) is 6.07 Å². The predicted molar refractivity (Wildman–Crippen MR) is 51.6 cm³/mol. The second-order valence-corrected chi connectivity index (χ2v) is 3.25. The van der Waals surface area contributed by atoms with Gasteiger partial charge in [-0.1, -0.05) is 31.2 Å². The van der Waals surface area contributed by atoms with Crippen molar-refractivity contribution < 1.29 is 0 Å². The topological polar surface area (TPSA) is 49.8 Å². The Kier molecular flexibility index (Phi) is 1.60. The van der Waals surface area contributed by atoms with Gasteiger partial charge in [-0.3, -0.25) is 0 Å². The first-order chi connectivity index (χ1) is 6.25. The highest BCUT2D eigenvalue weighted by Gasteiger charge is 2.25. The van der Waals surface area contributed by atoms with Crippen LogP contribution in [0.15, 0.2) is 30.0 Å². The highest BCUT2D eigenvalue weighted by molar-refractivity contribution is 5.85. The van der Waals surface area contributed by atoms with E-state index in [-0.39, 0.29) is 5.92 Å². The summed E-state index contributed by atoms with van der Waals surface area (Å²) in [4.78, 5) is 0. The van der Waals surface area contributed by atoms with Crippen molar-refractivity contribution in [2.75, 3.05) is 0 Å². The smallest absolute Gasteiger partial charge is 0.102 e. The molecule has 0 saturated carbocycles. The van der Waals surface area contributed by atoms with Gasteiger partial charge in [-0.2, -0.15) is 5.26 Å². The minimum absolute atomic E-state index is 0.186. The fourth-order valence-corrected chi connectivity index (χ4v) is 1.77. The summed E-state index contributed by atoms with van der Waals surface area (Å²) in [6, 6.07) is 10.0. The van der Waals surface area contributed by atoms with Crippen molar-refractivity contribution in [2.24, 2.45) is 5.73 Å². The third-order valence-corrected chi connectivity index (χ3v) is 2.56. The standard InChI is InChI=1S/C11H10N2/c1-7-8-4-2-3-5-9(8)10(6-12)11(7)13/h2-5,7H,13H2,1H3. The van der Waals surface area contributed by atoms with Gasteiger partial charge in [-0.05, 0) is 11.1 Å². The lowest BCUT2D eigenvalue weighted by Crippen LogP contribution is -2.02. The average molecular weight is 170 g/mol. The Balaban J connectivity index is 2.69. The maximum atomic E-state index is 8.91. The number of nitrogens with two attached hydrogens (primary N) is 1. The van der Waals surface area contributed by atoms with Gasteiger partial charge in [-0.15, -0.1) is 0 Å². The summed E-state index contributed by atoms with van der Waals surface area (Å²) in [7, 11) is 0. The van der Waals surface area contributed by atoms with Crippen molar-refractivity contribution in [1.29, 1.82) is 5.26 Å². The highest BCUT2D eigenvalue weighted by Crippen LogP contribution is 2.38. The molecular weight excluding hydrogens is 160 g/mol. The average Bonchev–Trinajstić information content (AvgIpc) is 2.41. The zero-order valence-corrected chi connectivity index (χ0v) is 7.41. The molecule has 1 aliphatic carbocycles. The van der Waals surface area contributed by atoms with Crippen LogP contribution in [0.25, 0.3) is 5.57 Å². The molecule has 64 valence electrons. The summed E-state index contributed by atoms with van der Waals surface area (Å²) in [5.41, 5.74) is 9.34. The summed E-state index contributed by atoms with van der Waals surface area (Å²) >= 11 is 0. The van der Waals surface area contributed by atoms with Crippen molar-refractivity contribution in [3.63, 3.8) is 0 Å². The van der Waals surface area contributed by atoms with Crippen LogP contribution in [-0.4, -0.2) is 0 Å². The minimum Gasteiger partial charge on any atom is -0.400 e. The molecule has 0 saturated heterocycles. The molecule has 0 aliphatic heterocycles. The zero-order valence-electron chi connectivity index (χ0n) is 7.41. The molecule has 13 heavy (non-hydrogen) atoms. The van der Waals surface area contributed by atoms with Gasteiger partial charge < -0.3 is 5.73 Å². The number of nitrogens with zero attached hydrogens (tertiary/aromatic N) is 1. The molecule has 1 aliphatic rings. The fraction of sp³-hybridized carbons (Fsp3) is 0.182. The number of hydrogen-bond donors (Lipinski definition) is 1. The normalized spacial score (nSPS) is 19.8. The van der Waals surface area contributed by atoms with Gasteiger partial charge in [0, 0.05) is 11.6 Å². The van der Waals surface area contributed by atoms with Crippen LogP contribution in [0.2, 0.25) is 0 Å². The van der Waals surface area contributed by atoms with Crippen molar-refractivity contribution >= 4 is 5.57 Å². The Morgan fingerprint density at radius 3 is 2.77 bits per heavy atom. The molecule has 1 aromatic rings. The predicted octanol–water partition coefficient (Wildman–Crippen LogP) is 2.00. The van der Waals surface area contributed by atoms with Crippen LogP contribution in [0.4, 0.5) is 0 Å². The van der Waals surface area contributed by atoms with E-state index in [0.717, 1.165) is 11.1 Å². The first-order valence-electron chi connectivity index (χ1n) is 4.24. The first kappa shape index (κ1) is 7.88. The molecule has 0 amide bonds. The number of rotatable bonds is 0. The van der Waals surface area contributed by atoms with Crippen LogP contribution in [0.5, 0.6) is 0 Å². The van der Waals surface area contributed by atoms with Gasteiger partial charge >= 0.3 is 0 Å². The van der Waals surface area contributed by atoms with Crippen LogP contribution < -0.4 is 5.73 Å². The number of allylic oxidation sites excluding steroid dienone is 2. The van der Waals surface area contributed by atoms with Gasteiger partial charge in [-0.25, -0.2) is 0 Å². The van der Waals surface area contributed by atoms with E-state index in [1.54, 1.807) is 0 Å². The van der Waals surface area contributed by atoms with E-state index in [4.69, 9.17) is 11.0 Å². The summed E-state index contributed by atoms with van der Waals surface area (Å²) in [6.07, 6.45) is 0. The summed E-state index contributed by atoms with van der Waals surface area (Å²) < 4.78 is 0. The Bertz CT molecular complexity index is 424. The SMILES string of the molecule is CC1C(N)=C(C#N)c2ccccc21. The van der Waals surface area contributed by atoms with Crippen molar-refractivity contribution in [3.05, 3.63) is 41.1 Å². The molecule has 0 radical (unpaired) electrons. The Morgan fingerprint density at radius 1 is 1.38 bits per heavy atom. The van der Waals surface area contributed by atoms with Crippen LogP contribution in [-0.2, 0) is 0 Å². The van der Waals surface area contributed by atoms with Crippen LogP contribution in [0, 0.1) is 11.3 Å². The molecule has 0 bridgehead atoms. The molecule has 0 spiro atoms. The van der Waals surface area contributed by atoms with Gasteiger partial charge in [0.1, 0.15) is 6.07 Å². The Hall–Kier alpha value is -1.75. The van der Waals surface area contributed by atoms with E-state index in [1.807, 2.05) is 31.2 Å². The zero-order chi connectivity index (χ0) is 9.42. The molecule has 2 rings (SSSR count). The Morgan fingerprint density at radius 2 is 2.08 bits per heavy atom. The van der Waals surface area contributed by atoms with E-state index in [9.17, 15) is 0 Å². The quantitative estimate of drug-likeness (QED) is 0.647. The van der Waals surface area contributed by atoms with Gasteiger partial charge in [0.05, 0.1) is 5.57 Å². The fourth-order valence-electron chi connectivity index (χ4n) is 1.77. The Labute approximate surface area is 77.3 Å². The first-order valence-corrected chi connectivity index (χ1v) is 4.24. The third kappa shape index (κ3) is 0.940. The summed E-state index contributed by atoms with van der Waals surface area (Å²) in [6.45, 7) is 2.03. The highest BCUT2D eigenvalue weighted by atomic mass is 14.6. The third-order valence-electron chi connectivity index (χ3n) is 2.56. The number of fused-ring (bicyclic) bond motifs is 1. The monoisotopic (exact) mass is 170 g/mol. The number of benzene rings is 1. The minimum atomic E-state index is 0.186. The van der Waals surface area contributed by atoms with Crippen molar-refractivity contribution in [1.82, 2.24) is 0 Å². The maximum absolute atomic E-state index is 8.91. The van der Waals surface area contributed by atoms with Crippen molar-refractivity contribution in [2.45, 2.75) is 12.8 Å². The van der Waals surface area contributed by atoms with Crippen LogP contribution >= 0.6 is 0 Å². The molecular formula is C11H10N2. The molecule has 2 N–H and O–H groups in total. The van der Waals surface area contributed by atoms with E-state index >= 15 is 0 Å². The van der Waals surface area contributed by atoms with E-state index < -0.39 is 0 Å². The molecule has 2 heteroatoms. The molecule has 0 fully saturated rings. The van der Waals surface area contributed by atoms with Crippen LogP contribution in [0.1, 0.15) is 24.0 Å². The lowest BCUT2D eigenvalue weighted by atomic mass is 10.0. The lowest BCUT2D eigenvalue weighted by molar-refractivity contribution is 0.905. The number of hydrogen-bond acceptors (Lipinski definition) is 2. The lowest BCUT2D eigenvalue weighted by Gasteiger charge is -2.04. The maximum Gasteiger partial charge on any atom is 0.102 e. The van der Waals surface area contributed by atoms with Gasteiger partial charge in [0.25, 0.3) is 0 Å². The van der Waals surface area contributed by atoms with Gasteiger partial charge in [0.15, 0.2) is 0 Å². The second kappa shape index (κ2) is 2.63. The second-order valence-electron chi connectivity index (χ2n) is 3.25. The van der Waals surface area contributed by atoms with E-state index in [0.29, 0.717) is 11.3 Å². The molecule has 1 aromatic carbocycles. The largest absolute Gasteiger partial charge is 0.400 e. The summed E-state index contributed by atoms with van der Waals surface area (Å²) in [5, 5.41) is 8.91. The molecule has 1 atom stereocenters. The van der Waals surface area contributed by atoms with Crippen LogP contribution in [0.3, 0.4) is 0 Å². The van der Waals surface area contributed by atoms with Gasteiger partial charge in [0.2, 0.25) is 0 Å². The summed E-state index contributed by atoms with van der Waals surface area (Å²) in [5.74, 6) is 0.186. The molecule has 0 heterocycles. The van der Waals surface area contributed by atoms with E-state index in [2.05, 4.69) is 6.07 Å². The molecule has 0 aromatic heterocycles. The molecule has 1 unspecified atom stereocenters. The van der Waals surface area contributed by atoms with E-state index in [1.165, 1.54) is 0 Å².